The van der Waals surface area contributed by atoms with Gasteiger partial charge >= 0.3 is 6.01 Å². The molecule has 3 heterocycles. The molecule has 9 nitrogen and oxygen atoms in total. The van der Waals surface area contributed by atoms with E-state index in [0.29, 0.717) is 44.3 Å². The minimum atomic E-state index is -1.15. The predicted octanol–water partition coefficient (Wildman–Crippen LogP) is 6.14. The largest absolute Gasteiger partial charge is 0.464 e. The molecular formula is C32H39FN6O3. The number of halogens is 1. The Morgan fingerprint density at radius 1 is 1.00 bits per heavy atom. The van der Waals surface area contributed by atoms with E-state index >= 15 is 0 Å². The fraction of sp³-hybridized carbons (Fsp3) is 0.625. The highest BCUT2D eigenvalue weighted by atomic mass is 19.1. The lowest BCUT2D eigenvalue weighted by atomic mass is 9.41. The molecule has 222 valence electrons. The third-order valence-corrected chi connectivity index (χ3v) is 10.4. The summed E-state index contributed by atoms with van der Waals surface area (Å²) >= 11 is 0. The third kappa shape index (κ3) is 4.40. The molecule has 0 atom stereocenters. The van der Waals surface area contributed by atoms with Crippen molar-refractivity contribution in [3.05, 3.63) is 42.6 Å². The maximum absolute atomic E-state index is 14.6. The first-order chi connectivity index (χ1) is 20.0. The van der Waals surface area contributed by atoms with Gasteiger partial charge < -0.3 is 14.2 Å². The molecule has 10 heteroatoms. The monoisotopic (exact) mass is 574 g/mol. The summed E-state index contributed by atoms with van der Waals surface area (Å²) in [7, 11) is 0. The van der Waals surface area contributed by atoms with Gasteiger partial charge in [0.05, 0.1) is 23.9 Å². The highest BCUT2D eigenvalue weighted by Crippen LogP contribution is 2.70. The minimum absolute atomic E-state index is 0.0107. The minimum Gasteiger partial charge on any atom is -0.464 e. The summed E-state index contributed by atoms with van der Waals surface area (Å²) in [6, 6.07) is 2.31. The smallest absolute Gasteiger partial charge is 0.316 e. The summed E-state index contributed by atoms with van der Waals surface area (Å²) in [5, 5.41) is 4.44. The van der Waals surface area contributed by atoms with Crippen LogP contribution in [0.15, 0.2) is 35.4 Å². The number of ether oxygens (including phenoxy) is 1. The van der Waals surface area contributed by atoms with Crippen molar-refractivity contribution in [2.75, 3.05) is 18.1 Å². The van der Waals surface area contributed by atoms with E-state index < -0.39 is 11.1 Å². The van der Waals surface area contributed by atoms with Gasteiger partial charge in [0.2, 0.25) is 11.8 Å². The predicted molar refractivity (Wildman–Crippen MR) is 154 cm³/mol. The van der Waals surface area contributed by atoms with Crippen LogP contribution in [0.5, 0.6) is 6.01 Å². The molecular weight excluding hydrogens is 535 g/mol. The van der Waals surface area contributed by atoms with E-state index in [9.17, 15) is 9.18 Å². The van der Waals surface area contributed by atoms with Crippen molar-refractivity contribution in [3.8, 4) is 17.1 Å². The number of hydrogen-bond donors (Lipinski definition) is 0. The topological polar surface area (TPSA) is 107 Å². The molecule has 0 saturated heterocycles. The van der Waals surface area contributed by atoms with Gasteiger partial charge in [0.15, 0.2) is 5.82 Å². The summed E-state index contributed by atoms with van der Waals surface area (Å²) in [5.41, 5.74) is 0.376. The van der Waals surface area contributed by atoms with E-state index in [1.54, 1.807) is 24.8 Å². The van der Waals surface area contributed by atoms with Gasteiger partial charge in [-0.1, -0.05) is 25.9 Å². The Morgan fingerprint density at radius 2 is 1.67 bits per heavy atom. The number of nitrogens with zero attached hydrogens (tertiary/aromatic N) is 6. The van der Waals surface area contributed by atoms with Crippen LogP contribution in [-0.2, 0) is 15.6 Å². The molecule has 0 aliphatic heterocycles. The Morgan fingerprint density at radius 3 is 2.24 bits per heavy atom. The van der Waals surface area contributed by atoms with Crippen LogP contribution in [0.3, 0.4) is 0 Å². The number of alkyl halides is 1. The van der Waals surface area contributed by atoms with Gasteiger partial charge in [-0.15, -0.1) is 0 Å². The molecule has 6 fully saturated rings. The standard InChI is InChI=1S/C32H39FN6O3/c1-5-41-27-35-14-22(15-36-27)21-12-23(16-34-13-21)39(26(40)31-17-32(33,18-31)19-31)20-29-6-9-30(10-7-29,11-8-29)24-37-25(42-38-24)28(2,3)4/h12-16H,5-11,17-20H2,1-4H3. The molecule has 42 heavy (non-hydrogen) atoms. The molecule has 0 aromatic carbocycles. The van der Waals surface area contributed by atoms with Crippen LogP contribution in [0.2, 0.25) is 0 Å². The first-order valence-electron chi connectivity index (χ1n) is 15.2. The van der Waals surface area contributed by atoms with Gasteiger partial charge in [-0.25, -0.2) is 14.4 Å². The number of aromatic nitrogens is 5. The number of carbonyl (C=O) groups excluding carboxylic acids is 1. The van der Waals surface area contributed by atoms with E-state index in [4.69, 9.17) is 14.2 Å². The van der Waals surface area contributed by atoms with Gasteiger partial charge in [0.25, 0.3) is 0 Å². The van der Waals surface area contributed by atoms with Gasteiger partial charge in [0.1, 0.15) is 5.67 Å². The lowest BCUT2D eigenvalue weighted by molar-refractivity contribution is -0.211. The van der Waals surface area contributed by atoms with Crippen molar-refractivity contribution in [1.82, 2.24) is 25.1 Å². The zero-order chi connectivity index (χ0) is 29.4. The number of hydrogen-bond acceptors (Lipinski definition) is 8. The maximum atomic E-state index is 14.6. The van der Waals surface area contributed by atoms with Crippen LogP contribution in [0.4, 0.5) is 10.1 Å². The number of pyridine rings is 1. The van der Waals surface area contributed by atoms with Crippen LogP contribution >= 0.6 is 0 Å². The van der Waals surface area contributed by atoms with Gasteiger partial charge in [-0.05, 0) is 76.2 Å². The van der Waals surface area contributed by atoms with E-state index in [1.807, 2.05) is 17.9 Å². The molecule has 6 saturated carbocycles. The molecule has 6 aliphatic carbocycles. The fourth-order valence-corrected chi connectivity index (χ4v) is 7.77. The quantitative estimate of drug-likeness (QED) is 0.316. The molecule has 3 aromatic heterocycles. The van der Waals surface area contributed by atoms with Gasteiger partial charge in [-0.3, -0.25) is 9.78 Å². The second-order valence-electron chi connectivity index (χ2n) is 14.4. The first kappa shape index (κ1) is 27.4. The molecule has 0 spiro atoms. The molecule has 9 rings (SSSR count). The maximum Gasteiger partial charge on any atom is 0.316 e. The summed E-state index contributed by atoms with van der Waals surface area (Å²) in [6.07, 6.45) is 13.8. The van der Waals surface area contributed by atoms with Crippen LogP contribution in [0, 0.1) is 10.8 Å². The lowest BCUT2D eigenvalue weighted by Gasteiger charge is -2.65. The normalized spacial score (nSPS) is 31.3. The van der Waals surface area contributed by atoms with Crippen molar-refractivity contribution in [2.45, 2.75) is 102 Å². The molecule has 0 N–H and O–H groups in total. The number of fused-ring (bicyclic) bond motifs is 3. The van der Waals surface area contributed by atoms with Crippen LogP contribution in [0.25, 0.3) is 11.1 Å². The van der Waals surface area contributed by atoms with E-state index in [2.05, 4.69) is 40.9 Å². The Hall–Kier alpha value is -3.43. The summed E-state index contributed by atoms with van der Waals surface area (Å²) in [5.74, 6) is 1.56. The van der Waals surface area contributed by atoms with Crippen LogP contribution < -0.4 is 9.64 Å². The van der Waals surface area contributed by atoms with Crippen molar-refractivity contribution >= 4 is 11.6 Å². The van der Waals surface area contributed by atoms with Crippen LogP contribution in [-0.4, -0.2) is 49.8 Å². The summed E-state index contributed by atoms with van der Waals surface area (Å²) in [6.45, 7) is 9.25. The molecule has 1 amide bonds. The Labute approximate surface area is 245 Å². The zero-order valence-electron chi connectivity index (χ0n) is 25.0. The molecule has 0 unspecified atom stereocenters. The van der Waals surface area contributed by atoms with E-state index in [1.165, 1.54) is 0 Å². The first-order valence-corrected chi connectivity index (χ1v) is 15.2. The zero-order valence-corrected chi connectivity index (χ0v) is 25.0. The Kier molecular flexibility index (Phi) is 6.06. The molecule has 0 radical (unpaired) electrons. The van der Waals surface area contributed by atoms with Crippen LogP contribution in [0.1, 0.15) is 97.2 Å². The average Bonchev–Trinajstić information content (AvgIpc) is 3.48. The van der Waals surface area contributed by atoms with Crippen molar-refractivity contribution in [2.24, 2.45) is 10.8 Å². The number of amides is 1. The average molecular weight is 575 g/mol. The highest BCUT2D eigenvalue weighted by Gasteiger charge is 2.73. The highest BCUT2D eigenvalue weighted by molar-refractivity contribution is 6.00. The molecule has 6 aliphatic rings. The number of carbonyl (C=O) groups is 1. The van der Waals surface area contributed by atoms with E-state index in [0.717, 1.165) is 61.2 Å². The molecule has 4 bridgehead atoms. The molecule has 3 aromatic rings. The van der Waals surface area contributed by atoms with Gasteiger partial charge in [-0.2, -0.15) is 4.98 Å². The fourth-order valence-electron chi connectivity index (χ4n) is 7.77. The second kappa shape index (κ2) is 9.28. The van der Waals surface area contributed by atoms with E-state index in [-0.39, 0.29) is 22.2 Å². The lowest BCUT2D eigenvalue weighted by Crippen LogP contribution is -2.71. The number of anilines is 1. The van der Waals surface area contributed by atoms with Crippen molar-refractivity contribution in [3.63, 3.8) is 0 Å². The second-order valence-corrected chi connectivity index (χ2v) is 14.4. The van der Waals surface area contributed by atoms with Gasteiger partial charge in [0, 0.05) is 47.1 Å². The number of rotatable bonds is 8. The summed E-state index contributed by atoms with van der Waals surface area (Å²) in [4.78, 5) is 34.1. The summed E-state index contributed by atoms with van der Waals surface area (Å²) < 4.78 is 25.6. The van der Waals surface area contributed by atoms with Crippen molar-refractivity contribution < 1.29 is 18.4 Å². The Balaban J connectivity index is 1.15. The third-order valence-electron chi connectivity index (χ3n) is 10.4. The SMILES string of the molecule is CCOc1ncc(-c2cncc(N(CC34CCC(c5noc(C(C)(C)C)n5)(CC3)CC4)C(=O)C34CC(F)(C3)C4)c2)cn1. The van der Waals surface area contributed by atoms with Crippen molar-refractivity contribution in [1.29, 1.82) is 0 Å². The Bertz CT molecular complexity index is 1470.